The van der Waals surface area contributed by atoms with E-state index in [-0.39, 0.29) is 43.8 Å². The van der Waals surface area contributed by atoms with Gasteiger partial charge in [0.15, 0.2) is 0 Å². The minimum absolute atomic E-state index is 0.0439. The second kappa shape index (κ2) is 13.5. The van der Waals surface area contributed by atoms with Gasteiger partial charge >= 0.3 is 0 Å². The zero-order valence-corrected chi connectivity index (χ0v) is 24.3. The van der Waals surface area contributed by atoms with Gasteiger partial charge in [-0.1, -0.05) is 48.2 Å². The number of anilines is 1. The Morgan fingerprint density at radius 2 is 1.84 bits per heavy atom. The molecular weight excluding hydrogens is 549 g/mol. The molecule has 1 aliphatic rings. The molecule has 0 aliphatic heterocycles. The number of carbonyl (C=O) groups excluding carboxylic acids is 2. The fraction of sp³-hybridized carbons (Fsp3) is 0.481. The van der Waals surface area contributed by atoms with Crippen LogP contribution in [0, 0.1) is 0 Å². The molecule has 1 N–H and O–H groups in total. The molecule has 2 aromatic carbocycles. The molecule has 0 spiro atoms. The molecule has 1 fully saturated rings. The third kappa shape index (κ3) is 8.25. The van der Waals surface area contributed by atoms with Crippen molar-refractivity contribution in [3.63, 3.8) is 0 Å². The maximum atomic E-state index is 13.5. The third-order valence-electron chi connectivity index (χ3n) is 6.72. The molecule has 1 atom stereocenters. The quantitative estimate of drug-likeness (QED) is 0.378. The Labute approximate surface area is 235 Å². The fourth-order valence-corrected chi connectivity index (χ4v) is 6.00. The molecule has 0 unspecified atom stereocenters. The topological polar surface area (TPSA) is 96.0 Å². The zero-order valence-electron chi connectivity index (χ0n) is 22.0. The number of benzene rings is 2. The average Bonchev–Trinajstić information content (AvgIpc) is 3.38. The van der Waals surface area contributed by atoms with Crippen LogP contribution in [0.5, 0.6) is 5.75 Å². The normalized spacial score (nSPS) is 14.7. The van der Waals surface area contributed by atoms with Crippen molar-refractivity contribution in [1.82, 2.24) is 10.2 Å². The van der Waals surface area contributed by atoms with Gasteiger partial charge in [0.2, 0.25) is 21.8 Å². The summed E-state index contributed by atoms with van der Waals surface area (Å²) in [5.74, 6) is 0.0361. The Morgan fingerprint density at radius 3 is 2.47 bits per heavy atom. The van der Waals surface area contributed by atoms with Crippen molar-refractivity contribution in [2.24, 2.45) is 0 Å². The van der Waals surface area contributed by atoms with Gasteiger partial charge in [-0.05, 0) is 56.0 Å². The minimum atomic E-state index is -3.60. The lowest BCUT2D eigenvalue weighted by molar-refractivity contribution is -0.140. The Bertz CT molecular complexity index is 1230. The monoisotopic (exact) mass is 583 g/mol. The van der Waals surface area contributed by atoms with E-state index in [9.17, 15) is 18.0 Å². The molecule has 0 saturated heterocycles. The van der Waals surface area contributed by atoms with Crippen LogP contribution in [0.1, 0.15) is 51.0 Å². The van der Waals surface area contributed by atoms with E-state index in [4.69, 9.17) is 27.9 Å². The first kappa shape index (κ1) is 30.1. The number of rotatable bonds is 12. The molecule has 0 heterocycles. The van der Waals surface area contributed by atoms with Crippen molar-refractivity contribution in [3.8, 4) is 5.75 Å². The van der Waals surface area contributed by atoms with Crippen molar-refractivity contribution in [1.29, 1.82) is 0 Å². The van der Waals surface area contributed by atoms with Gasteiger partial charge in [-0.15, -0.1) is 0 Å². The molecule has 208 valence electrons. The SMILES string of the molecule is COc1cccc(N(CCCC(=O)N(Cc2ccc(Cl)cc2Cl)[C@@H](C)C(=O)NC2CCCC2)S(C)(=O)=O)c1. The molecule has 0 radical (unpaired) electrons. The summed E-state index contributed by atoms with van der Waals surface area (Å²) in [6, 6.07) is 11.1. The predicted molar refractivity (Wildman–Crippen MR) is 151 cm³/mol. The summed E-state index contributed by atoms with van der Waals surface area (Å²) < 4.78 is 31.5. The molecule has 0 aromatic heterocycles. The van der Waals surface area contributed by atoms with Crippen LogP contribution in [-0.2, 0) is 26.2 Å². The Morgan fingerprint density at radius 1 is 1.13 bits per heavy atom. The van der Waals surface area contributed by atoms with E-state index in [0.717, 1.165) is 31.9 Å². The number of amides is 2. The Hall–Kier alpha value is -2.49. The average molecular weight is 585 g/mol. The summed E-state index contributed by atoms with van der Waals surface area (Å²) in [6.07, 6.45) is 5.44. The van der Waals surface area contributed by atoms with E-state index < -0.39 is 16.1 Å². The van der Waals surface area contributed by atoms with E-state index in [1.165, 1.54) is 16.3 Å². The van der Waals surface area contributed by atoms with Crippen LogP contribution >= 0.6 is 23.2 Å². The maximum Gasteiger partial charge on any atom is 0.242 e. The van der Waals surface area contributed by atoms with Crippen LogP contribution in [0.2, 0.25) is 10.0 Å². The summed E-state index contributed by atoms with van der Waals surface area (Å²) in [4.78, 5) is 28.0. The van der Waals surface area contributed by atoms with Crippen molar-refractivity contribution >= 4 is 50.7 Å². The molecule has 0 bridgehead atoms. The first-order valence-corrected chi connectivity index (χ1v) is 15.3. The van der Waals surface area contributed by atoms with E-state index >= 15 is 0 Å². The van der Waals surface area contributed by atoms with Gasteiger partial charge in [0, 0.05) is 41.7 Å². The highest BCUT2D eigenvalue weighted by Crippen LogP contribution is 2.26. The Kier molecular flexibility index (Phi) is 10.7. The lowest BCUT2D eigenvalue weighted by Crippen LogP contribution is -2.49. The van der Waals surface area contributed by atoms with Gasteiger partial charge in [0.05, 0.1) is 19.1 Å². The van der Waals surface area contributed by atoms with Crippen LogP contribution in [0.25, 0.3) is 0 Å². The number of nitrogens with one attached hydrogen (secondary N) is 1. The number of ether oxygens (including phenoxy) is 1. The summed E-state index contributed by atoms with van der Waals surface area (Å²) >= 11 is 12.4. The van der Waals surface area contributed by atoms with Gasteiger partial charge in [-0.2, -0.15) is 0 Å². The van der Waals surface area contributed by atoms with Crippen molar-refractivity contribution in [2.75, 3.05) is 24.2 Å². The highest BCUT2D eigenvalue weighted by atomic mass is 35.5. The smallest absolute Gasteiger partial charge is 0.242 e. The molecule has 38 heavy (non-hydrogen) atoms. The summed E-state index contributed by atoms with van der Waals surface area (Å²) in [7, 11) is -2.10. The predicted octanol–water partition coefficient (Wildman–Crippen LogP) is 5.02. The van der Waals surface area contributed by atoms with Gasteiger partial charge in [0.1, 0.15) is 11.8 Å². The van der Waals surface area contributed by atoms with Crippen molar-refractivity contribution in [3.05, 3.63) is 58.1 Å². The maximum absolute atomic E-state index is 13.5. The number of hydrogen-bond acceptors (Lipinski definition) is 5. The molecule has 1 saturated carbocycles. The van der Waals surface area contributed by atoms with Gasteiger partial charge in [-0.3, -0.25) is 13.9 Å². The molecule has 8 nitrogen and oxygen atoms in total. The first-order valence-electron chi connectivity index (χ1n) is 12.6. The number of nitrogens with zero attached hydrogens (tertiary/aromatic N) is 2. The Balaban J connectivity index is 1.75. The lowest BCUT2D eigenvalue weighted by Gasteiger charge is -2.30. The van der Waals surface area contributed by atoms with Gasteiger partial charge < -0.3 is 15.0 Å². The number of sulfonamides is 1. The van der Waals surface area contributed by atoms with Gasteiger partial charge in [-0.25, -0.2) is 8.42 Å². The van der Waals surface area contributed by atoms with E-state index in [1.54, 1.807) is 49.4 Å². The van der Waals surface area contributed by atoms with Crippen LogP contribution in [-0.4, -0.2) is 57.1 Å². The number of methoxy groups -OCH3 is 1. The number of carbonyl (C=O) groups is 2. The fourth-order valence-electron chi connectivity index (χ4n) is 4.58. The second-order valence-electron chi connectivity index (χ2n) is 9.56. The molecule has 3 rings (SSSR count). The molecule has 11 heteroatoms. The largest absolute Gasteiger partial charge is 0.497 e. The summed E-state index contributed by atoms with van der Waals surface area (Å²) in [6.45, 7) is 1.92. The molecule has 2 amide bonds. The van der Waals surface area contributed by atoms with Crippen LogP contribution in [0.4, 0.5) is 5.69 Å². The third-order valence-corrected chi connectivity index (χ3v) is 8.50. The zero-order chi connectivity index (χ0) is 27.9. The van der Waals surface area contributed by atoms with Crippen LogP contribution < -0.4 is 14.4 Å². The highest BCUT2D eigenvalue weighted by Gasteiger charge is 2.29. The molecule has 2 aromatic rings. The van der Waals surface area contributed by atoms with E-state index in [1.807, 2.05) is 0 Å². The van der Waals surface area contributed by atoms with Gasteiger partial charge in [0.25, 0.3) is 0 Å². The molecule has 1 aliphatic carbocycles. The lowest BCUT2D eigenvalue weighted by atomic mass is 10.1. The second-order valence-corrected chi connectivity index (χ2v) is 12.3. The number of halogens is 2. The van der Waals surface area contributed by atoms with Crippen molar-refractivity contribution in [2.45, 2.75) is 64.1 Å². The van der Waals surface area contributed by atoms with Crippen molar-refractivity contribution < 1.29 is 22.7 Å². The van der Waals surface area contributed by atoms with Crippen LogP contribution in [0.3, 0.4) is 0 Å². The van der Waals surface area contributed by atoms with E-state index in [2.05, 4.69) is 5.32 Å². The number of hydrogen-bond donors (Lipinski definition) is 1. The van der Waals surface area contributed by atoms with Crippen LogP contribution in [0.15, 0.2) is 42.5 Å². The highest BCUT2D eigenvalue weighted by molar-refractivity contribution is 7.92. The molecular formula is C27H35Cl2N3O5S. The first-order chi connectivity index (χ1) is 18.0. The van der Waals surface area contributed by atoms with E-state index in [0.29, 0.717) is 27.0 Å². The minimum Gasteiger partial charge on any atom is -0.497 e. The summed E-state index contributed by atoms with van der Waals surface area (Å²) in [5, 5.41) is 3.94. The summed E-state index contributed by atoms with van der Waals surface area (Å²) in [5.41, 5.74) is 1.12. The standard InChI is InChI=1S/C27H35Cl2N3O5S/c1-19(27(34)30-22-8-4-5-9-22)31(18-20-13-14-21(28)16-25(20)29)26(33)12-7-15-32(38(3,35)36)23-10-6-11-24(17-23)37-2/h6,10-11,13-14,16-17,19,22H,4-5,7-9,12,15,18H2,1-3H3,(H,30,34)/t19-/m0/s1.